The molecular formula is C9H9Cl2N3OS. The lowest BCUT2D eigenvalue weighted by atomic mass is 10.3. The van der Waals surface area contributed by atoms with E-state index in [0.717, 1.165) is 0 Å². The molecule has 0 aliphatic heterocycles. The largest absolute Gasteiger partial charge is 0.329 e. The fraction of sp³-hybridized carbons (Fsp3) is 0.111. The lowest BCUT2D eigenvalue weighted by molar-refractivity contribution is -0.119. The highest BCUT2D eigenvalue weighted by Gasteiger charge is 2.06. The Hall–Kier alpha value is -1.04. The van der Waals surface area contributed by atoms with Crippen LogP contribution in [-0.2, 0) is 4.79 Å². The number of carbonyl (C=O) groups is 1. The zero-order valence-electron chi connectivity index (χ0n) is 8.30. The second kappa shape index (κ2) is 5.89. The monoisotopic (exact) mass is 277 g/mol. The Bertz CT molecular complexity index is 405. The first-order valence-electron chi connectivity index (χ1n) is 4.28. The van der Waals surface area contributed by atoms with Crippen LogP contribution in [0.1, 0.15) is 6.92 Å². The summed E-state index contributed by atoms with van der Waals surface area (Å²) in [5.41, 5.74) is 5.31. The van der Waals surface area contributed by atoms with Crippen LogP contribution >= 0.6 is 35.4 Å². The Morgan fingerprint density at radius 1 is 1.25 bits per heavy atom. The molecule has 0 aliphatic carbocycles. The van der Waals surface area contributed by atoms with Gasteiger partial charge in [-0.3, -0.25) is 15.6 Å². The zero-order chi connectivity index (χ0) is 12.1. The maximum Gasteiger partial charge on any atom is 0.235 e. The van der Waals surface area contributed by atoms with Gasteiger partial charge in [-0.25, -0.2) is 0 Å². The van der Waals surface area contributed by atoms with Gasteiger partial charge in [-0.1, -0.05) is 29.3 Å². The van der Waals surface area contributed by atoms with Gasteiger partial charge in [-0.2, -0.15) is 0 Å². The Morgan fingerprint density at radius 2 is 1.81 bits per heavy atom. The quantitative estimate of drug-likeness (QED) is 0.545. The number of anilines is 1. The molecule has 0 spiro atoms. The van der Waals surface area contributed by atoms with Gasteiger partial charge in [0.2, 0.25) is 5.91 Å². The highest BCUT2D eigenvalue weighted by Crippen LogP contribution is 2.29. The number of hydrogen-bond donors (Lipinski definition) is 3. The molecule has 0 saturated carbocycles. The predicted octanol–water partition coefficient (Wildman–Crippen LogP) is 2.33. The molecule has 16 heavy (non-hydrogen) atoms. The smallest absolute Gasteiger partial charge is 0.235 e. The summed E-state index contributed by atoms with van der Waals surface area (Å²) in [6.07, 6.45) is 0. The molecule has 7 heteroatoms. The Kier molecular flexibility index (Phi) is 4.79. The van der Waals surface area contributed by atoms with E-state index in [2.05, 4.69) is 16.2 Å². The number of hydrogen-bond acceptors (Lipinski definition) is 2. The molecule has 1 amide bonds. The van der Waals surface area contributed by atoms with Crippen molar-refractivity contribution >= 4 is 52.1 Å². The average Bonchev–Trinajstić information content (AvgIpc) is 2.21. The summed E-state index contributed by atoms with van der Waals surface area (Å²) in [6.45, 7) is 1.36. The number of amides is 1. The van der Waals surface area contributed by atoms with E-state index in [1.807, 2.05) is 0 Å². The van der Waals surface area contributed by atoms with Gasteiger partial charge in [-0.05, 0) is 24.4 Å². The van der Waals surface area contributed by atoms with E-state index in [9.17, 15) is 4.79 Å². The van der Waals surface area contributed by atoms with Gasteiger partial charge in [0.1, 0.15) is 0 Å². The molecule has 3 N–H and O–H groups in total. The highest BCUT2D eigenvalue weighted by molar-refractivity contribution is 7.80. The average molecular weight is 278 g/mol. The van der Waals surface area contributed by atoms with Crippen molar-refractivity contribution in [2.45, 2.75) is 6.92 Å². The molecule has 4 nitrogen and oxygen atoms in total. The Labute approximate surface area is 108 Å². The van der Waals surface area contributed by atoms with E-state index in [-0.39, 0.29) is 11.0 Å². The number of rotatable bonds is 1. The standard InChI is InChI=1S/C9H9Cl2N3OS/c1-5(15)13-14-9(16)12-8-6(10)3-2-4-7(8)11/h2-4H,1H3,(H,13,15)(H2,12,14,16). The highest BCUT2D eigenvalue weighted by atomic mass is 35.5. The van der Waals surface area contributed by atoms with Crippen LogP contribution in [0.3, 0.4) is 0 Å². The Morgan fingerprint density at radius 3 is 2.31 bits per heavy atom. The van der Waals surface area contributed by atoms with Crippen LogP contribution in [0.4, 0.5) is 5.69 Å². The second-order valence-electron chi connectivity index (χ2n) is 2.86. The molecule has 1 aromatic carbocycles. The number of benzene rings is 1. The van der Waals surface area contributed by atoms with Gasteiger partial charge in [0, 0.05) is 6.92 Å². The van der Waals surface area contributed by atoms with Crippen molar-refractivity contribution in [3.63, 3.8) is 0 Å². The number of nitrogens with one attached hydrogen (secondary N) is 3. The van der Waals surface area contributed by atoms with E-state index in [0.29, 0.717) is 15.7 Å². The van der Waals surface area contributed by atoms with Crippen molar-refractivity contribution in [1.29, 1.82) is 0 Å². The van der Waals surface area contributed by atoms with Gasteiger partial charge >= 0.3 is 0 Å². The molecule has 1 aromatic rings. The molecule has 0 bridgehead atoms. The minimum absolute atomic E-state index is 0.199. The summed E-state index contributed by atoms with van der Waals surface area (Å²) in [7, 11) is 0. The first-order chi connectivity index (χ1) is 7.50. The van der Waals surface area contributed by atoms with Crippen LogP contribution in [-0.4, -0.2) is 11.0 Å². The van der Waals surface area contributed by atoms with E-state index >= 15 is 0 Å². The fourth-order valence-corrected chi connectivity index (χ4v) is 1.55. The summed E-state index contributed by atoms with van der Waals surface area (Å²) in [4.78, 5) is 10.6. The SMILES string of the molecule is CC(=O)NNC(=S)Nc1c(Cl)cccc1Cl. The first-order valence-corrected chi connectivity index (χ1v) is 5.44. The normalized spacial score (nSPS) is 9.44. The van der Waals surface area contributed by atoms with Crippen LogP contribution in [0.15, 0.2) is 18.2 Å². The lowest BCUT2D eigenvalue weighted by Crippen LogP contribution is -2.42. The number of para-hydroxylation sites is 1. The second-order valence-corrected chi connectivity index (χ2v) is 4.08. The molecular weight excluding hydrogens is 269 g/mol. The molecule has 0 unspecified atom stereocenters. The molecule has 86 valence electrons. The maximum absolute atomic E-state index is 10.6. The van der Waals surface area contributed by atoms with E-state index in [4.69, 9.17) is 35.4 Å². The third kappa shape index (κ3) is 3.84. The summed E-state index contributed by atoms with van der Waals surface area (Å²) in [5, 5.41) is 3.86. The van der Waals surface area contributed by atoms with Gasteiger partial charge in [0.05, 0.1) is 15.7 Å². The number of hydrazine groups is 1. The van der Waals surface area contributed by atoms with Crippen molar-refractivity contribution in [3.05, 3.63) is 28.2 Å². The molecule has 0 radical (unpaired) electrons. The van der Waals surface area contributed by atoms with Gasteiger partial charge < -0.3 is 5.32 Å². The van der Waals surface area contributed by atoms with Crippen LogP contribution < -0.4 is 16.2 Å². The molecule has 0 heterocycles. The van der Waals surface area contributed by atoms with Crippen molar-refractivity contribution in [1.82, 2.24) is 10.9 Å². The third-order valence-corrected chi connectivity index (χ3v) is 2.39. The zero-order valence-corrected chi connectivity index (χ0v) is 10.6. The molecule has 0 atom stereocenters. The fourth-order valence-electron chi connectivity index (χ4n) is 0.907. The first kappa shape index (κ1) is 13.0. The lowest BCUT2D eigenvalue weighted by Gasteiger charge is -2.12. The summed E-state index contributed by atoms with van der Waals surface area (Å²) in [5.74, 6) is -0.255. The maximum atomic E-state index is 10.6. The van der Waals surface area contributed by atoms with Crippen LogP contribution in [0, 0.1) is 0 Å². The topological polar surface area (TPSA) is 53.2 Å². The molecule has 0 fully saturated rings. The summed E-state index contributed by atoms with van der Waals surface area (Å²) >= 11 is 16.7. The van der Waals surface area contributed by atoms with Crippen molar-refractivity contribution < 1.29 is 4.79 Å². The van der Waals surface area contributed by atoms with Gasteiger partial charge in [-0.15, -0.1) is 0 Å². The minimum Gasteiger partial charge on any atom is -0.329 e. The number of carbonyl (C=O) groups excluding carboxylic acids is 1. The number of halogens is 2. The van der Waals surface area contributed by atoms with Gasteiger partial charge in [0.25, 0.3) is 0 Å². The predicted molar refractivity (Wildman–Crippen MR) is 69.6 cm³/mol. The van der Waals surface area contributed by atoms with E-state index in [1.165, 1.54) is 6.92 Å². The molecule has 0 aromatic heterocycles. The molecule has 0 aliphatic rings. The van der Waals surface area contributed by atoms with Gasteiger partial charge in [0.15, 0.2) is 5.11 Å². The van der Waals surface area contributed by atoms with Crippen molar-refractivity contribution in [2.24, 2.45) is 0 Å². The van der Waals surface area contributed by atoms with E-state index < -0.39 is 0 Å². The summed E-state index contributed by atoms with van der Waals surface area (Å²) in [6, 6.07) is 5.08. The minimum atomic E-state index is -0.255. The molecule has 1 rings (SSSR count). The van der Waals surface area contributed by atoms with Crippen LogP contribution in [0.25, 0.3) is 0 Å². The van der Waals surface area contributed by atoms with Crippen LogP contribution in [0.2, 0.25) is 10.0 Å². The van der Waals surface area contributed by atoms with Crippen LogP contribution in [0.5, 0.6) is 0 Å². The Balaban J connectivity index is 2.66. The summed E-state index contributed by atoms with van der Waals surface area (Å²) < 4.78 is 0. The van der Waals surface area contributed by atoms with E-state index in [1.54, 1.807) is 18.2 Å². The molecule has 0 saturated heterocycles. The third-order valence-electron chi connectivity index (χ3n) is 1.55. The van der Waals surface area contributed by atoms with Crippen molar-refractivity contribution in [2.75, 3.05) is 5.32 Å². The number of thiocarbonyl (C=S) groups is 1. The van der Waals surface area contributed by atoms with Crippen molar-refractivity contribution in [3.8, 4) is 0 Å².